The van der Waals surface area contributed by atoms with Gasteiger partial charge in [0.05, 0.1) is 27.5 Å². The molecule has 0 aliphatic carbocycles. The van der Waals surface area contributed by atoms with Crippen LogP contribution >= 0.6 is 11.6 Å². The standard InChI is InChI=1S/C21H16ClN5O2/c22-15-5-6-18(25-13-15)21-11-17-16(4-2-8-24-17)20(29)27(21)10-9-26(21)19(28)14-3-1-7-23-12-14/h1-8,12-13H,9-11H2. The Morgan fingerprint density at radius 1 is 1.03 bits per heavy atom. The van der Waals surface area contributed by atoms with Crippen molar-refractivity contribution in [1.29, 1.82) is 0 Å². The number of hydrogen-bond donors (Lipinski definition) is 0. The summed E-state index contributed by atoms with van der Waals surface area (Å²) in [7, 11) is 0. The lowest BCUT2D eigenvalue weighted by Crippen LogP contribution is -2.59. The van der Waals surface area contributed by atoms with Crippen molar-refractivity contribution in [3.63, 3.8) is 0 Å². The van der Waals surface area contributed by atoms with E-state index in [0.29, 0.717) is 47.0 Å². The fraction of sp³-hybridized carbons (Fsp3) is 0.190. The molecule has 1 unspecified atom stereocenters. The third-order valence-corrected chi connectivity index (χ3v) is 5.73. The van der Waals surface area contributed by atoms with Gasteiger partial charge in [-0.25, -0.2) is 0 Å². The summed E-state index contributed by atoms with van der Waals surface area (Å²) in [6.07, 6.45) is 6.70. The van der Waals surface area contributed by atoms with Gasteiger partial charge in [-0.15, -0.1) is 0 Å². The average molecular weight is 406 g/mol. The SMILES string of the molecule is O=C(c1cccnc1)N1CCN2C(=O)c3cccnc3CC12c1ccc(Cl)cn1. The predicted molar refractivity (Wildman–Crippen MR) is 105 cm³/mol. The van der Waals surface area contributed by atoms with Crippen LogP contribution in [-0.2, 0) is 12.1 Å². The Labute approximate surface area is 172 Å². The van der Waals surface area contributed by atoms with Crippen molar-refractivity contribution in [2.75, 3.05) is 13.1 Å². The molecular formula is C21H16ClN5O2. The summed E-state index contributed by atoms with van der Waals surface area (Å²) in [5.41, 5.74) is 1.20. The molecule has 2 aliphatic heterocycles. The van der Waals surface area contributed by atoms with Crippen LogP contribution < -0.4 is 0 Å². The number of pyridine rings is 3. The van der Waals surface area contributed by atoms with Crippen molar-refractivity contribution in [3.05, 3.63) is 88.7 Å². The Bertz CT molecular complexity index is 1110. The van der Waals surface area contributed by atoms with Crippen LogP contribution in [0.25, 0.3) is 0 Å². The molecule has 3 aromatic rings. The third kappa shape index (κ3) is 2.61. The summed E-state index contributed by atoms with van der Waals surface area (Å²) in [4.78, 5) is 43.2. The van der Waals surface area contributed by atoms with Gasteiger partial charge in [0.25, 0.3) is 11.8 Å². The summed E-state index contributed by atoms with van der Waals surface area (Å²) in [6.45, 7) is 0.793. The van der Waals surface area contributed by atoms with Crippen LogP contribution in [0.2, 0.25) is 5.02 Å². The molecule has 0 spiro atoms. The molecule has 2 aliphatic rings. The van der Waals surface area contributed by atoms with E-state index in [1.807, 2.05) is 0 Å². The van der Waals surface area contributed by atoms with Gasteiger partial charge < -0.3 is 9.80 Å². The highest BCUT2D eigenvalue weighted by Crippen LogP contribution is 2.44. The van der Waals surface area contributed by atoms with Gasteiger partial charge in [-0.2, -0.15) is 0 Å². The lowest BCUT2D eigenvalue weighted by Gasteiger charge is -2.46. The Hall–Kier alpha value is -3.32. The number of halogens is 1. The molecule has 1 fully saturated rings. The third-order valence-electron chi connectivity index (χ3n) is 5.51. The van der Waals surface area contributed by atoms with E-state index in [1.54, 1.807) is 58.6 Å². The largest absolute Gasteiger partial charge is 0.308 e. The van der Waals surface area contributed by atoms with Crippen LogP contribution in [-0.4, -0.2) is 49.7 Å². The summed E-state index contributed by atoms with van der Waals surface area (Å²) >= 11 is 6.05. The van der Waals surface area contributed by atoms with Crippen molar-refractivity contribution in [3.8, 4) is 0 Å². The monoisotopic (exact) mass is 405 g/mol. The van der Waals surface area contributed by atoms with Gasteiger partial charge in [-0.3, -0.25) is 24.5 Å². The van der Waals surface area contributed by atoms with Crippen LogP contribution in [0.3, 0.4) is 0 Å². The van der Waals surface area contributed by atoms with Crippen LogP contribution in [0.15, 0.2) is 61.2 Å². The second-order valence-electron chi connectivity index (χ2n) is 7.01. The second-order valence-corrected chi connectivity index (χ2v) is 7.44. The quantitative estimate of drug-likeness (QED) is 0.654. The molecule has 1 atom stereocenters. The van der Waals surface area contributed by atoms with Crippen molar-refractivity contribution in [1.82, 2.24) is 24.8 Å². The van der Waals surface area contributed by atoms with E-state index >= 15 is 0 Å². The van der Waals surface area contributed by atoms with Gasteiger partial charge in [0, 0.05) is 44.3 Å². The first kappa shape index (κ1) is 17.8. The first-order valence-corrected chi connectivity index (χ1v) is 9.59. The zero-order valence-corrected chi connectivity index (χ0v) is 16.1. The molecule has 144 valence electrons. The van der Waals surface area contributed by atoms with E-state index < -0.39 is 5.66 Å². The second kappa shape index (κ2) is 6.63. The topological polar surface area (TPSA) is 79.3 Å². The number of nitrogens with zero attached hydrogens (tertiary/aromatic N) is 5. The van der Waals surface area contributed by atoms with E-state index in [1.165, 1.54) is 12.4 Å². The van der Waals surface area contributed by atoms with Gasteiger partial charge in [0.2, 0.25) is 0 Å². The highest BCUT2D eigenvalue weighted by Gasteiger charge is 2.57. The van der Waals surface area contributed by atoms with E-state index in [2.05, 4.69) is 15.0 Å². The molecule has 29 heavy (non-hydrogen) atoms. The summed E-state index contributed by atoms with van der Waals surface area (Å²) < 4.78 is 0. The molecule has 0 aromatic carbocycles. The van der Waals surface area contributed by atoms with Gasteiger partial charge in [0.15, 0.2) is 5.66 Å². The molecule has 2 amide bonds. The number of fused-ring (bicyclic) bond motifs is 2. The van der Waals surface area contributed by atoms with E-state index in [-0.39, 0.29) is 11.8 Å². The number of hydrogen-bond acceptors (Lipinski definition) is 5. The number of aromatic nitrogens is 3. The van der Waals surface area contributed by atoms with Gasteiger partial charge in [-0.05, 0) is 36.4 Å². The van der Waals surface area contributed by atoms with Crippen molar-refractivity contribution in [2.45, 2.75) is 12.1 Å². The zero-order chi connectivity index (χ0) is 20.0. The molecule has 7 nitrogen and oxygen atoms in total. The fourth-order valence-corrected chi connectivity index (χ4v) is 4.33. The van der Waals surface area contributed by atoms with Crippen molar-refractivity contribution < 1.29 is 9.59 Å². The predicted octanol–water partition coefficient (Wildman–Crippen LogP) is 2.53. The molecule has 0 N–H and O–H groups in total. The Morgan fingerprint density at radius 2 is 1.90 bits per heavy atom. The van der Waals surface area contributed by atoms with Crippen molar-refractivity contribution in [2.24, 2.45) is 0 Å². The zero-order valence-electron chi connectivity index (χ0n) is 15.3. The van der Waals surface area contributed by atoms with E-state index in [0.717, 1.165) is 0 Å². The smallest absolute Gasteiger partial charge is 0.257 e. The molecule has 5 heterocycles. The Kier molecular flexibility index (Phi) is 4.06. The van der Waals surface area contributed by atoms with Crippen LogP contribution in [0.1, 0.15) is 32.1 Å². The van der Waals surface area contributed by atoms with Crippen LogP contribution in [0.5, 0.6) is 0 Å². The molecule has 8 heteroatoms. The number of amides is 2. The molecule has 0 saturated carbocycles. The minimum Gasteiger partial charge on any atom is -0.308 e. The lowest BCUT2D eigenvalue weighted by atomic mass is 9.88. The summed E-state index contributed by atoms with van der Waals surface area (Å²) in [5, 5.41) is 0.487. The normalized spacial score (nSPS) is 20.4. The molecule has 0 radical (unpaired) electrons. The molecule has 1 saturated heterocycles. The number of carbonyl (C=O) groups is 2. The molecule has 5 rings (SSSR count). The van der Waals surface area contributed by atoms with Crippen LogP contribution in [0.4, 0.5) is 0 Å². The molecule has 3 aromatic heterocycles. The number of carbonyl (C=O) groups excluding carboxylic acids is 2. The highest BCUT2D eigenvalue weighted by atomic mass is 35.5. The summed E-state index contributed by atoms with van der Waals surface area (Å²) in [6, 6.07) is 10.5. The minimum atomic E-state index is -1.06. The maximum atomic E-state index is 13.4. The minimum absolute atomic E-state index is 0.155. The maximum Gasteiger partial charge on any atom is 0.257 e. The number of rotatable bonds is 2. The Balaban J connectivity index is 1.70. The van der Waals surface area contributed by atoms with Gasteiger partial charge in [-0.1, -0.05) is 11.6 Å². The maximum absolute atomic E-state index is 13.4. The summed E-state index contributed by atoms with van der Waals surface area (Å²) in [5.74, 6) is -0.359. The van der Waals surface area contributed by atoms with Gasteiger partial charge in [0.1, 0.15) is 0 Å². The molecular weight excluding hydrogens is 390 g/mol. The Morgan fingerprint density at radius 3 is 2.66 bits per heavy atom. The van der Waals surface area contributed by atoms with Crippen LogP contribution in [0, 0.1) is 0 Å². The molecule has 0 bridgehead atoms. The first-order valence-electron chi connectivity index (χ1n) is 9.21. The fourth-order valence-electron chi connectivity index (χ4n) is 4.22. The van der Waals surface area contributed by atoms with Crippen molar-refractivity contribution >= 4 is 23.4 Å². The average Bonchev–Trinajstić information content (AvgIpc) is 3.15. The van der Waals surface area contributed by atoms with Gasteiger partial charge >= 0.3 is 0 Å². The van der Waals surface area contributed by atoms with E-state index in [9.17, 15) is 9.59 Å². The first-order chi connectivity index (χ1) is 14.1. The van der Waals surface area contributed by atoms with E-state index in [4.69, 9.17) is 11.6 Å². The lowest BCUT2D eigenvalue weighted by molar-refractivity contribution is 0.00488. The highest BCUT2D eigenvalue weighted by molar-refractivity contribution is 6.30.